The van der Waals surface area contributed by atoms with Crippen LogP contribution in [-0.2, 0) is 6.42 Å². The van der Waals surface area contributed by atoms with Crippen LogP contribution in [0.1, 0.15) is 16.1 Å². The van der Waals surface area contributed by atoms with Gasteiger partial charge in [0.1, 0.15) is 11.5 Å². The van der Waals surface area contributed by atoms with Crippen molar-refractivity contribution in [2.75, 3.05) is 17.2 Å². The van der Waals surface area contributed by atoms with E-state index in [1.165, 1.54) is 18.3 Å². The second-order valence-electron chi connectivity index (χ2n) is 6.37. The van der Waals surface area contributed by atoms with Gasteiger partial charge in [0.15, 0.2) is 0 Å². The molecule has 0 spiro atoms. The fourth-order valence-electron chi connectivity index (χ4n) is 2.97. The van der Waals surface area contributed by atoms with Crippen molar-refractivity contribution in [3.63, 3.8) is 0 Å². The molecule has 0 saturated heterocycles. The predicted molar refractivity (Wildman–Crippen MR) is 110 cm³/mol. The fraction of sp³-hybridized carbons (Fsp3) is 0.0909. The summed E-state index contributed by atoms with van der Waals surface area (Å²) >= 11 is 0. The van der Waals surface area contributed by atoms with Crippen LogP contribution in [0.25, 0.3) is 10.9 Å². The minimum absolute atomic E-state index is 0.223. The molecule has 0 aliphatic heterocycles. The summed E-state index contributed by atoms with van der Waals surface area (Å²) in [6.07, 6.45) is 3.67. The molecule has 4 rings (SSSR count). The molecule has 2 N–H and O–H groups in total. The Labute approximate surface area is 166 Å². The molecular weight excluding hydrogens is 369 g/mol. The number of hydrogen-bond donors (Lipinski definition) is 2. The number of fused-ring (bicyclic) bond motifs is 1. The SMILES string of the molecule is O=C(Nc1cccc2cccnc12)c1ccnc(NCCc2ccccc2F)n1. The van der Waals surface area contributed by atoms with Gasteiger partial charge in [0.05, 0.1) is 11.2 Å². The number of aromatic nitrogens is 3. The number of carbonyl (C=O) groups is 1. The Balaban J connectivity index is 1.44. The van der Waals surface area contributed by atoms with Crippen LogP contribution in [0.2, 0.25) is 0 Å². The number of rotatable bonds is 6. The van der Waals surface area contributed by atoms with Crippen molar-refractivity contribution in [3.8, 4) is 0 Å². The average molecular weight is 387 g/mol. The normalized spacial score (nSPS) is 10.7. The lowest BCUT2D eigenvalue weighted by Crippen LogP contribution is -2.16. The molecule has 0 fully saturated rings. The van der Waals surface area contributed by atoms with Gasteiger partial charge in [-0.15, -0.1) is 0 Å². The third kappa shape index (κ3) is 4.35. The zero-order valence-corrected chi connectivity index (χ0v) is 15.5. The van der Waals surface area contributed by atoms with E-state index in [0.717, 1.165) is 5.39 Å². The number of halogens is 1. The van der Waals surface area contributed by atoms with Crippen molar-refractivity contribution in [2.24, 2.45) is 0 Å². The second kappa shape index (κ2) is 8.43. The first-order valence-corrected chi connectivity index (χ1v) is 9.16. The molecule has 2 heterocycles. The van der Waals surface area contributed by atoms with Gasteiger partial charge in [0.2, 0.25) is 5.95 Å². The molecule has 0 bridgehead atoms. The van der Waals surface area contributed by atoms with Crippen LogP contribution in [0.15, 0.2) is 73.1 Å². The Hall–Kier alpha value is -3.87. The quantitative estimate of drug-likeness (QED) is 0.521. The Morgan fingerprint density at radius 3 is 2.69 bits per heavy atom. The maximum atomic E-state index is 13.7. The van der Waals surface area contributed by atoms with Gasteiger partial charge in [-0.3, -0.25) is 9.78 Å². The van der Waals surface area contributed by atoms with Crippen LogP contribution in [0.4, 0.5) is 16.0 Å². The molecule has 0 unspecified atom stereocenters. The van der Waals surface area contributed by atoms with Crippen molar-refractivity contribution in [1.29, 1.82) is 0 Å². The second-order valence-corrected chi connectivity index (χ2v) is 6.37. The predicted octanol–water partition coefficient (Wildman–Crippen LogP) is 4.07. The summed E-state index contributed by atoms with van der Waals surface area (Å²) in [5, 5.41) is 6.81. The highest BCUT2D eigenvalue weighted by molar-refractivity contribution is 6.07. The summed E-state index contributed by atoms with van der Waals surface area (Å²) in [6.45, 7) is 0.444. The van der Waals surface area contributed by atoms with Crippen molar-refractivity contribution >= 4 is 28.4 Å². The van der Waals surface area contributed by atoms with Crippen LogP contribution >= 0.6 is 0 Å². The molecule has 4 aromatic rings. The fourth-order valence-corrected chi connectivity index (χ4v) is 2.97. The lowest BCUT2D eigenvalue weighted by molar-refractivity contribution is 0.102. The molecule has 0 aliphatic carbocycles. The van der Waals surface area contributed by atoms with Gasteiger partial charge in [-0.25, -0.2) is 14.4 Å². The van der Waals surface area contributed by atoms with Gasteiger partial charge in [0.25, 0.3) is 5.91 Å². The molecule has 0 aliphatic rings. The number of para-hydroxylation sites is 1. The summed E-state index contributed by atoms with van der Waals surface area (Å²) in [5.41, 5.74) is 2.15. The number of carbonyl (C=O) groups excluding carboxylic acids is 1. The maximum absolute atomic E-state index is 13.7. The van der Waals surface area contributed by atoms with Gasteiger partial charge < -0.3 is 10.6 Å². The third-order valence-electron chi connectivity index (χ3n) is 4.40. The molecule has 2 aromatic heterocycles. The van der Waals surface area contributed by atoms with E-state index in [0.29, 0.717) is 35.7 Å². The zero-order chi connectivity index (χ0) is 20.1. The minimum Gasteiger partial charge on any atom is -0.354 e. The number of amides is 1. The van der Waals surface area contributed by atoms with E-state index in [-0.39, 0.29) is 17.4 Å². The first-order chi connectivity index (χ1) is 14.2. The van der Waals surface area contributed by atoms with E-state index in [2.05, 4.69) is 25.6 Å². The van der Waals surface area contributed by atoms with Crippen molar-refractivity contribution in [3.05, 3.63) is 90.1 Å². The van der Waals surface area contributed by atoms with E-state index < -0.39 is 0 Å². The summed E-state index contributed by atoms with van der Waals surface area (Å²) < 4.78 is 13.7. The topological polar surface area (TPSA) is 79.8 Å². The largest absolute Gasteiger partial charge is 0.354 e. The molecule has 2 aromatic carbocycles. The number of pyridine rings is 1. The minimum atomic E-state index is -0.359. The van der Waals surface area contributed by atoms with Crippen LogP contribution in [-0.4, -0.2) is 27.4 Å². The van der Waals surface area contributed by atoms with E-state index in [1.54, 1.807) is 30.5 Å². The number of nitrogens with zero attached hydrogens (tertiary/aromatic N) is 3. The number of hydrogen-bond acceptors (Lipinski definition) is 5. The van der Waals surface area contributed by atoms with Crippen LogP contribution in [0, 0.1) is 5.82 Å². The molecule has 0 saturated carbocycles. The summed E-state index contributed by atoms with van der Waals surface area (Å²) in [6, 6.07) is 17.5. The maximum Gasteiger partial charge on any atom is 0.274 e. The van der Waals surface area contributed by atoms with Crippen LogP contribution in [0.3, 0.4) is 0 Å². The Kier molecular flexibility index (Phi) is 5.38. The van der Waals surface area contributed by atoms with E-state index >= 15 is 0 Å². The molecule has 144 valence electrons. The third-order valence-corrected chi connectivity index (χ3v) is 4.40. The van der Waals surface area contributed by atoms with Gasteiger partial charge in [-0.05, 0) is 36.2 Å². The highest BCUT2D eigenvalue weighted by Gasteiger charge is 2.11. The number of benzene rings is 2. The lowest BCUT2D eigenvalue weighted by atomic mass is 10.1. The van der Waals surface area contributed by atoms with E-state index in [4.69, 9.17) is 0 Å². The highest BCUT2D eigenvalue weighted by atomic mass is 19.1. The van der Waals surface area contributed by atoms with Crippen LogP contribution in [0.5, 0.6) is 0 Å². The van der Waals surface area contributed by atoms with Crippen LogP contribution < -0.4 is 10.6 Å². The molecule has 0 atom stereocenters. The molecule has 29 heavy (non-hydrogen) atoms. The summed E-state index contributed by atoms with van der Waals surface area (Å²) in [4.78, 5) is 25.4. The molecule has 6 nitrogen and oxygen atoms in total. The molecule has 7 heteroatoms. The monoisotopic (exact) mass is 387 g/mol. The van der Waals surface area contributed by atoms with Crippen molar-refractivity contribution < 1.29 is 9.18 Å². The van der Waals surface area contributed by atoms with Gasteiger partial charge >= 0.3 is 0 Å². The molecule has 1 amide bonds. The number of nitrogens with one attached hydrogen (secondary N) is 2. The molecular formula is C22H18FN5O. The van der Waals surface area contributed by atoms with E-state index in [1.807, 2.05) is 24.3 Å². The van der Waals surface area contributed by atoms with Crippen molar-refractivity contribution in [2.45, 2.75) is 6.42 Å². The van der Waals surface area contributed by atoms with Gasteiger partial charge in [0, 0.05) is 24.3 Å². The van der Waals surface area contributed by atoms with Gasteiger partial charge in [-0.1, -0.05) is 36.4 Å². The Morgan fingerprint density at radius 2 is 1.79 bits per heavy atom. The zero-order valence-electron chi connectivity index (χ0n) is 15.5. The Morgan fingerprint density at radius 1 is 0.931 bits per heavy atom. The van der Waals surface area contributed by atoms with Crippen molar-refractivity contribution in [1.82, 2.24) is 15.0 Å². The smallest absolute Gasteiger partial charge is 0.274 e. The molecule has 0 radical (unpaired) electrons. The lowest BCUT2D eigenvalue weighted by Gasteiger charge is -2.09. The van der Waals surface area contributed by atoms with Gasteiger partial charge in [-0.2, -0.15) is 0 Å². The highest BCUT2D eigenvalue weighted by Crippen LogP contribution is 2.21. The Bertz CT molecular complexity index is 1160. The summed E-state index contributed by atoms with van der Waals surface area (Å²) in [5.74, 6) is -0.292. The first kappa shape index (κ1) is 18.5. The standard InChI is InChI=1S/C22H18FN5O/c23-17-8-2-1-5-15(17)10-13-25-22-26-14-11-19(28-22)21(29)27-18-9-3-6-16-7-4-12-24-20(16)18/h1-9,11-12,14H,10,13H2,(H,27,29)(H,25,26,28). The number of anilines is 2. The average Bonchev–Trinajstić information content (AvgIpc) is 2.75. The van der Waals surface area contributed by atoms with E-state index in [9.17, 15) is 9.18 Å². The first-order valence-electron chi connectivity index (χ1n) is 9.16. The summed E-state index contributed by atoms with van der Waals surface area (Å²) in [7, 11) is 0.